The number of anilines is 1. The lowest BCUT2D eigenvalue weighted by molar-refractivity contribution is -0.121. The van der Waals surface area contributed by atoms with Gasteiger partial charge in [0.25, 0.3) is 5.91 Å². The molecule has 148 valence electrons. The summed E-state index contributed by atoms with van der Waals surface area (Å²) in [7, 11) is 2.85. The second-order valence-corrected chi connectivity index (χ2v) is 6.48. The zero-order chi connectivity index (χ0) is 20.7. The van der Waals surface area contributed by atoms with Gasteiger partial charge in [0.2, 0.25) is 0 Å². The molecule has 0 unspecified atom stereocenters. The second kappa shape index (κ2) is 6.93. The Bertz CT molecular complexity index is 1220. The Morgan fingerprint density at radius 3 is 2.62 bits per heavy atom. The molecule has 3 aromatic rings. The quantitative estimate of drug-likeness (QED) is 0.487. The van der Waals surface area contributed by atoms with Crippen molar-refractivity contribution in [2.24, 2.45) is 0 Å². The number of methoxy groups -OCH3 is 1. The largest absolute Gasteiger partial charge is 0.482 e. The Morgan fingerprint density at radius 1 is 1.10 bits per heavy atom. The number of fused-ring (bicyclic) bond motifs is 2. The van der Waals surface area contributed by atoms with E-state index in [4.69, 9.17) is 9.15 Å². The van der Waals surface area contributed by atoms with E-state index in [1.165, 1.54) is 34.8 Å². The molecule has 1 aliphatic heterocycles. The lowest BCUT2D eigenvalue weighted by Crippen LogP contribution is -2.35. The molecular formula is C20H16N2O7. The number of hydrogen-bond acceptors (Lipinski definition) is 7. The topological polar surface area (TPSA) is 108 Å². The van der Waals surface area contributed by atoms with Crippen LogP contribution in [-0.2, 0) is 16.1 Å². The standard InChI is InChI=1S/C20H16N2O7/c1-21-14-7-11(4-6-16(14)28-10-18(21)24)15(23)9-22-13-5-3-12(19(25)27-2)8-17(13)29-20(22)26/h3-8H,9-10H2,1-2H3. The highest BCUT2D eigenvalue weighted by molar-refractivity contribution is 6.02. The fourth-order valence-electron chi connectivity index (χ4n) is 3.14. The summed E-state index contributed by atoms with van der Waals surface area (Å²) in [6.07, 6.45) is 0. The lowest BCUT2D eigenvalue weighted by atomic mass is 10.1. The fraction of sp³-hybridized carbons (Fsp3) is 0.200. The highest BCUT2D eigenvalue weighted by Gasteiger charge is 2.24. The van der Waals surface area contributed by atoms with E-state index < -0.39 is 11.7 Å². The summed E-state index contributed by atoms with van der Waals surface area (Å²) in [4.78, 5) is 49.9. The molecule has 2 heterocycles. The molecule has 0 bridgehead atoms. The zero-order valence-electron chi connectivity index (χ0n) is 15.6. The van der Waals surface area contributed by atoms with Crippen molar-refractivity contribution < 1.29 is 28.3 Å². The maximum Gasteiger partial charge on any atom is 0.420 e. The molecule has 9 heteroatoms. The van der Waals surface area contributed by atoms with Gasteiger partial charge < -0.3 is 18.8 Å². The Kier molecular flexibility index (Phi) is 4.42. The molecule has 2 aromatic carbocycles. The van der Waals surface area contributed by atoms with Gasteiger partial charge in [0, 0.05) is 12.6 Å². The van der Waals surface area contributed by atoms with Crippen LogP contribution in [0.4, 0.5) is 5.69 Å². The molecule has 9 nitrogen and oxygen atoms in total. The molecule has 0 saturated carbocycles. The van der Waals surface area contributed by atoms with Crippen LogP contribution >= 0.6 is 0 Å². The number of carbonyl (C=O) groups is 3. The Morgan fingerprint density at radius 2 is 1.86 bits per heavy atom. The van der Waals surface area contributed by atoms with Crippen LogP contribution in [0, 0.1) is 0 Å². The average molecular weight is 396 g/mol. The van der Waals surface area contributed by atoms with E-state index in [9.17, 15) is 19.2 Å². The first-order chi connectivity index (χ1) is 13.9. The van der Waals surface area contributed by atoms with Crippen LogP contribution < -0.4 is 15.4 Å². The van der Waals surface area contributed by atoms with Gasteiger partial charge in [-0.15, -0.1) is 0 Å². The molecule has 4 rings (SSSR count). The summed E-state index contributed by atoms with van der Waals surface area (Å²) in [6, 6.07) is 9.14. The van der Waals surface area contributed by atoms with Crippen molar-refractivity contribution in [2.75, 3.05) is 25.7 Å². The molecule has 0 aliphatic carbocycles. The van der Waals surface area contributed by atoms with Crippen molar-refractivity contribution in [1.29, 1.82) is 0 Å². The van der Waals surface area contributed by atoms with E-state index in [1.54, 1.807) is 25.2 Å². The van der Waals surface area contributed by atoms with Gasteiger partial charge in [0.1, 0.15) is 5.75 Å². The number of rotatable bonds is 4. The van der Waals surface area contributed by atoms with Crippen molar-refractivity contribution in [3.8, 4) is 5.75 Å². The van der Waals surface area contributed by atoms with Crippen LogP contribution in [0.25, 0.3) is 11.1 Å². The van der Waals surface area contributed by atoms with Gasteiger partial charge in [0.15, 0.2) is 18.0 Å². The first-order valence-electron chi connectivity index (χ1n) is 8.67. The number of hydrogen-bond donors (Lipinski definition) is 0. The molecule has 0 saturated heterocycles. The summed E-state index contributed by atoms with van der Waals surface area (Å²) < 4.78 is 16.4. The molecule has 0 N–H and O–H groups in total. The van der Waals surface area contributed by atoms with Gasteiger partial charge in [-0.2, -0.15) is 0 Å². The number of ketones is 1. The maximum absolute atomic E-state index is 12.8. The smallest absolute Gasteiger partial charge is 0.420 e. The summed E-state index contributed by atoms with van der Waals surface area (Å²) in [5.41, 5.74) is 1.59. The minimum atomic E-state index is -0.719. The van der Waals surface area contributed by atoms with Crippen molar-refractivity contribution in [3.05, 3.63) is 58.1 Å². The van der Waals surface area contributed by atoms with Crippen molar-refractivity contribution in [2.45, 2.75) is 6.54 Å². The van der Waals surface area contributed by atoms with Crippen molar-refractivity contribution >= 4 is 34.4 Å². The van der Waals surface area contributed by atoms with Gasteiger partial charge >= 0.3 is 11.7 Å². The molecule has 0 spiro atoms. The number of carbonyl (C=O) groups excluding carboxylic acids is 3. The molecule has 29 heavy (non-hydrogen) atoms. The summed E-state index contributed by atoms with van der Waals surface area (Å²) in [5, 5.41) is 0. The SMILES string of the molecule is COC(=O)c1ccc2c(c1)oc(=O)n2CC(=O)c1ccc2c(c1)N(C)C(=O)CO2. The first kappa shape index (κ1) is 18.5. The van der Waals surface area contributed by atoms with Crippen LogP contribution in [0.5, 0.6) is 5.75 Å². The van der Waals surface area contributed by atoms with E-state index in [2.05, 4.69) is 4.74 Å². The number of benzene rings is 2. The second-order valence-electron chi connectivity index (χ2n) is 6.48. The number of esters is 1. The van der Waals surface area contributed by atoms with E-state index in [-0.39, 0.29) is 36.0 Å². The molecular weight excluding hydrogens is 380 g/mol. The fourth-order valence-corrected chi connectivity index (χ4v) is 3.14. The minimum Gasteiger partial charge on any atom is -0.482 e. The molecule has 0 radical (unpaired) electrons. The normalized spacial score (nSPS) is 13.2. The highest BCUT2D eigenvalue weighted by atomic mass is 16.5. The molecule has 0 atom stereocenters. The van der Waals surface area contributed by atoms with Crippen LogP contribution in [0.15, 0.2) is 45.6 Å². The predicted molar refractivity (Wildman–Crippen MR) is 101 cm³/mol. The van der Waals surface area contributed by atoms with Gasteiger partial charge in [0.05, 0.1) is 30.4 Å². The number of ether oxygens (including phenoxy) is 2. The number of Topliss-reactive ketones (excluding diaryl/α,β-unsaturated/α-hetero) is 1. The number of likely N-dealkylation sites (N-methyl/N-ethyl adjacent to an activating group) is 1. The third-order valence-corrected chi connectivity index (χ3v) is 4.76. The monoisotopic (exact) mass is 396 g/mol. The van der Waals surface area contributed by atoms with E-state index in [0.29, 0.717) is 22.5 Å². The Labute approximate surface area is 164 Å². The van der Waals surface area contributed by atoms with Gasteiger partial charge in [-0.3, -0.25) is 14.2 Å². The summed E-state index contributed by atoms with van der Waals surface area (Å²) >= 11 is 0. The third kappa shape index (κ3) is 3.16. The molecule has 1 aromatic heterocycles. The summed E-state index contributed by atoms with van der Waals surface area (Å²) in [6.45, 7) is -0.318. The van der Waals surface area contributed by atoms with Crippen LogP contribution in [0.3, 0.4) is 0 Å². The minimum absolute atomic E-state index is 0.0548. The Balaban J connectivity index is 1.66. The zero-order valence-corrected chi connectivity index (χ0v) is 15.6. The first-order valence-corrected chi connectivity index (χ1v) is 8.67. The van der Waals surface area contributed by atoms with E-state index in [1.807, 2.05) is 0 Å². The molecule has 1 aliphatic rings. The van der Waals surface area contributed by atoms with Crippen LogP contribution in [0.2, 0.25) is 0 Å². The maximum atomic E-state index is 12.8. The number of oxazole rings is 1. The van der Waals surface area contributed by atoms with Gasteiger partial charge in [-0.25, -0.2) is 9.59 Å². The number of nitrogens with zero attached hydrogens (tertiary/aromatic N) is 2. The lowest BCUT2D eigenvalue weighted by Gasteiger charge is -2.26. The van der Waals surface area contributed by atoms with Crippen molar-refractivity contribution in [1.82, 2.24) is 4.57 Å². The van der Waals surface area contributed by atoms with Crippen LogP contribution in [0.1, 0.15) is 20.7 Å². The van der Waals surface area contributed by atoms with Gasteiger partial charge in [-0.05, 0) is 36.4 Å². The summed E-state index contributed by atoms with van der Waals surface area (Å²) in [5.74, 6) is -1.34. The van der Waals surface area contributed by atoms with E-state index in [0.717, 1.165) is 0 Å². The Hall–Kier alpha value is -3.88. The van der Waals surface area contributed by atoms with Crippen molar-refractivity contribution in [3.63, 3.8) is 0 Å². The third-order valence-electron chi connectivity index (χ3n) is 4.76. The van der Waals surface area contributed by atoms with Gasteiger partial charge in [-0.1, -0.05) is 0 Å². The molecule has 0 fully saturated rings. The van der Waals surface area contributed by atoms with E-state index >= 15 is 0 Å². The highest BCUT2D eigenvalue weighted by Crippen LogP contribution is 2.32. The number of aromatic nitrogens is 1. The number of amides is 1. The predicted octanol–water partition coefficient (Wildman–Crippen LogP) is 1.62. The molecule has 1 amide bonds. The van der Waals surface area contributed by atoms with Crippen LogP contribution in [-0.4, -0.2) is 43.0 Å². The average Bonchev–Trinajstić information content (AvgIpc) is 3.04.